The van der Waals surface area contributed by atoms with Crippen molar-refractivity contribution in [2.45, 2.75) is 46.2 Å². The maximum atomic E-state index is 12.4. The van der Waals surface area contributed by atoms with Crippen molar-refractivity contribution in [1.29, 1.82) is 0 Å². The SMILES string of the molecule is CC(=O)Nc1cccc(-c2ccc3c(c2)[C@H](Nc2ccc(C)cc2)C[C@H](C)N3C(C)=O)c1. The van der Waals surface area contributed by atoms with Gasteiger partial charge in [0.05, 0.1) is 6.04 Å². The minimum atomic E-state index is -0.0963. The van der Waals surface area contributed by atoms with Crippen LogP contribution in [0.25, 0.3) is 11.1 Å². The predicted octanol–water partition coefficient (Wildman–Crippen LogP) is 5.92. The number of hydrogen-bond donors (Lipinski definition) is 2. The molecule has 32 heavy (non-hydrogen) atoms. The molecule has 1 aliphatic heterocycles. The van der Waals surface area contributed by atoms with Gasteiger partial charge < -0.3 is 15.5 Å². The van der Waals surface area contributed by atoms with Gasteiger partial charge in [-0.25, -0.2) is 0 Å². The first kappa shape index (κ1) is 21.6. The first-order valence-corrected chi connectivity index (χ1v) is 11.0. The quantitative estimate of drug-likeness (QED) is 0.543. The third kappa shape index (κ3) is 4.52. The summed E-state index contributed by atoms with van der Waals surface area (Å²) in [5.74, 6) is -0.0472. The fourth-order valence-electron chi connectivity index (χ4n) is 4.49. The van der Waals surface area contributed by atoms with E-state index in [1.807, 2.05) is 41.3 Å². The van der Waals surface area contributed by atoms with Gasteiger partial charge in [-0.15, -0.1) is 0 Å². The van der Waals surface area contributed by atoms with Crippen LogP contribution in [-0.4, -0.2) is 17.9 Å². The summed E-state index contributed by atoms with van der Waals surface area (Å²) in [6, 6.07) is 22.6. The number of fused-ring (bicyclic) bond motifs is 1. The summed E-state index contributed by atoms with van der Waals surface area (Å²) in [7, 11) is 0. The molecule has 3 aromatic rings. The molecular formula is C27H29N3O2. The lowest BCUT2D eigenvalue weighted by Crippen LogP contribution is -2.43. The average Bonchev–Trinajstić information content (AvgIpc) is 2.74. The number of hydrogen-bond acceptors (Lipinski definition) is 3. The van der Waals surface area contributed by atoms with Crippen LogP contribution in [0.1, 0.15) is 44.4 Å². The van der Waals surface area contributed by atoms with E-state index >= 15 is 0 Å². The highest BCUT2D eigenvalue weighted by Crippen LogP contribution is 2.41. The number of nitrogens with zero attached hydrogens (tertiary/aromatic N) is 1. The van der Waals surface area contributed by atoms with Crippen molar-refractivity contribution in [2.24, 2.45) is 0 Å². The third-order valence-corrected chi connectivity index (χ3v) is 5.93. The van der Waals surface area contributed by atoms with Gasteiger partial charge in [-0.3, -0.25) is 9.59 Å². The highest BCUT2D eigenvalue weighted by Gasteiger charge is 2.32. The molecule has 1 aliphatic rings. The van der Waals surface area contributed by atoms with E-state index in [-0.39, 0.29) is 23.9 Å². The number of carbonyl (C=O) groups is 2. The molecule has 0 aromatic heterocycles. The van der Waals surface area contributed by atoms with Gasteiger partial charge in [0.15, 0.2) is 0 Å². The number of rotatable bonds is 4. The second kappa shape index (κ2) is 8.87. The Kier molecular flexibility index (Phi) is 5.99. The first-order valence-electron chi connectivity index (χ1n) is 11.0. The van der Waals surface area contributed by atoms with Gasteiger partial charge in [-0.2, -0.15) is 0 Å². The Morgan fingerprint density at radius 1 is 0.906 bits per heavy atom. The van der Waals surface area contributed by atoms with Gasteiger partial charge >= 0.3 is 0 Å². The fourth-order valence-corrected chi connectivity index (χ4v) is 4.49. The lowest BCUT2D eigenvalue weighted by molar-refractivity contribution is -0.117. The Balaban J connectivity index is 1.75. The van der Waals surface area contributed by atoms with E-state index in [0.29, 0.717) is 0 Å². The summed E-state index contributed by atoms with van der Waals surface area (Å²) in [5.41, 5.74) is 7.15. The number of amides is 2. The molecule has 0 saturated carbocycles. The van der Waals surface area contributed by atoms with Crippen molar-refractivity contribution in [3.8, 4) is 11.1 Å². The van der Waals surface area contributed by atoms with Crippen molar-refractivity contribution in [3.63, 3.8) is 0 Å². The van der Waals surface area contributed by atoms with Crippen LogP contribution in [0.15, 0.2) is 66.7 Å². The van der Waals surface area contributed by atoms with E-state index in [9.17, 15) is 9.59 Å². The Labute approximate surface area is 189 Å². The van der Waals surface area contributed by atoms with E-state index in [2.05, 4.69) is 54.8 Å². The molecule has 0 spiro atoms. The van der Waals surface area contributed by atoms with Gasteiger partial charge in [0, 0.05) is 37.0 Å². The number of benzene rings is 3. The molecule has 4 rings (SSSR count). The van der Waals surface area contributed by atoms with Gasteiger partial charge in [0.2, 0.25) is 11.8 Å². The largest absolute Gasteiger partial charge is 0.378 e. The van der Waals surface area contributed by atoms with Crippen LogP contribution in [-0.2, 0) is 9.59 Å². The molecule has 0 fully saturated rings. The average molecular weight is 428 g/mol. The van der Waals surface area contributed by atoms with Gasteiger partial charge in [-0.05, 0) is 73.4 Å². The monoisotopic (exact) mass is 427 g/mol. The Bertz CT molecular complexity index is 1150. The van der Waals surface area contributed by atoms with E-state index in [1.54, 1.807) is 6.92 Å². The summed E-state index contributed by atoms with van der Waals surface area (Å²) < 4.78 is 0. The van der Waals surface area contributed by atoms with Crippen LogP contribution in [0.3, 0.4) is 0 Å². The minimum Gasteiger partial charge on any atom is -0.378 e. The lowest BCUT2D eigenvalue weighted by atomic mass is 9.88. The van der Waals surface area contributed by atoms with Crippen LogP contribution in [0.5, 0.6) is 0 Å². The molecule has 164 valence electrons. The standard InChI is InChI=1S/C27H29N3O2/c1-17-8-11-23(12-9-17)29-26-14-18(2)30(20(4)32)27-13-10-22(16-25(26)27)21-6-5-7-24(15-21)28-19(3)31/h5-13,15-16,18,26,29H,14H2,1-4H3,(H,28,31)/t18-,26+/m0/s1. The maximum Gasteiger partial charge on any atom is 0.224 e. The molecule has 0 unspecified atom stereocenters. The van der Waals surface area contributed by atoms with Crippen molar-refractivity contribution in [3.05, 3.63) is 77.9 Å². The predicted molar refractivity (Wildman–Crippen MR) is 131 cm³/mol. The molecule has 0 bridgehead atoms. The van der Waals surface area contributed by atoms with Crippen LogP contribution < -0.4 is 15.5 Å². The molecule has 2 amide bonds. The van der Waals surface area contributed by atoms with Gasteiger partial charge in [0.1, 0.15) is 0 Å². The van der Waals surface area contributed by atoms with Gasteiger partial charge in [0.25, 0.3) is 0 Å². The molecule has 5 heteroatoms. The van der Waals surface area contributed by atoms with Crippen LogP contribution >= 0.6 is 0 Å². The summed E-state index contributed by atoms with van der Waals surface area (Å²) in [5, 5.41) is 6.52. The minimum absolute atomic E-state index is 0.0490. The van der Waals surface area contributed by atoms with E-state index in [0.717, 1.165) is 40.2 Å². The highest BCUT2D eigenvalue weighted by molar-refractivity contribution is 5.94. The smallest absolute Gasteiger partial charge is 0.224 e. The van der Waals surface area contributed by atoms with Crippen molar-refractivity contribution >= 4 is 28.9 Å². The van der Waals surface area contributed by atoms with E-state index < -0.39 is 0 Å². The van der Waals surface area contributed by atoms with E-state index in [4.69, 9.17) is 0 Å². The Morgan fingerprint density at radius 2 is 1.62 bits per heavy atom. The zero-order valence-electron chi connectivity index (χ0n) is 19.0. The normalized spacial score (nSPS) is 17.4. The van der Waals surface area contributed by atoms with Crippen LogP contribution in [0.2, 0.25) is 0 Å². The second-order valence-electron chi connectivity index (χ2n) is 8.57. The lowest BCUT2D eigenvalue weighted by Gasteiger charge is -2.39. The molecule has 0 aliphatic carbocycles. The highest BCUT2D eigenvalue weighted by atomic mass is 16.2. The van der Waals surface area contributed by atoms with Crippen molar-refractivity contribution < 1.29 is 9.59 Å². The molecule has 0 radical (unpaired) electrons. The number of anilines is 3. The molecule has 3 aromatic carbocycles. The second-order valence-corrected chi connectivity index (χ2v) is 8.57. The molecule has 0 saturated heterocycles. The van der Waals surface area contributed by atoms with Crippen molar-refractivity contribution in [2.75, 3.05) is 15.5 Å². The zero-order chi connectivity index (χ0) is 22.8. The molecule has 2 atom stereocenters. The zero-order valence-corrected chi connectivity index (χ0v) is 19.0. The Morgan fingerprint density at radius 3 is 2.31 bits per heavy atom. The van der Waals surface area contributed by atoms with Crippen molar-refractivity contribution in [1.82, 2.24) is 0 Å². The number of nitrogens with one attached hydrogen (secondary N) is 2. The molecule has 2 N–H and O–H groups in total. The Hall–Kier alpha value is -3.60. The molecule has 1 heterocycles. The maximum absolute atomic E-state index is 12.4. The van der Waals surface area contributed by atoms with Crippen LogP contribution in [0.4, 0.5) is 17.1 Å². The van der Waals surface area contributed by atoms with E-state index in [1.165, 1.54) is 12.5 Å². The third-order valence-electron chi connectivity index (χ3n) is 5.93. The molecular weight excluding hydrogens is 398 g/mol. The summed E-state index contributed by atoms with van der Waals surface area (Å²) >= 11 is 0. The summed E-state index contributed by atoms with van der Waals surface area (Å²) in [6.07, 6.45) is 0.815. The fraction of sp³-hybridized carbons (Fsp3) is 0.259. The molecule has 5 nitrogen and oxygen atoms in total. The van der Waals surface area contributed by atoms with Crippen LogP contribution in [0, 0.1) is 6.92 Å². The number of carbonyl (C=O) groups excluding carboxylic acids is 2. The van der Waals surface area contributed by atoms with Gasteiger partial charge in [-0.1, -0.05) is 35.9 Å². The summed E-state index contributed by atoms with van der Waals surface area (Å²) in [6.45, 7) is 7.30. The summed E-state index contributed by atoms with van der Waals surface area (Å²) in [4.78, 5) is 25.8. The number of aryl methyl sites for hydroxylation is 1. The first-order chi connectivity index (χ1) is 15.3. The topological polar surface area (TPSA) is 61.4 Å².